The lowest BCUT2D eigenvalue weighted by Crippen LogP contribution is -2.04. The van der Waals surface area contributed by atoms with E-state index in [0.717, 1.165) is 28.4 Å². The van der Waals surface area contributed by atoms with Gasteiger partial charge in [-0.15, -0.1) is 0 Å². The van der Waals surface area contributed by atoms with Gasteiger partial charge in [0, 0.05) is 22.7 Å². The van der Waals surface area contributed by atoms with Gasteiger partial charge in [0.15, 0.2) is 0 Å². The molecule has 0 saturated heterocycles. The number of ether oxygens (including phenoxy) is 3. The fourth-order valence-electron chi connectivity index (χ4n) is 2.00. The van der Waals surface area contributed by atoms with Gasteiger partial charge in [-0.3, -0.25) is 0 Å². The van der Waals surface area contributed by atoms with Crippen molar-refractivity contribution in [2.24, 2.45) is 5.73 Å². The first kappa shape index (κ1) is 15.5. The molecule has 0 amide bonds. The molecule has 0 atom stereocenters. The molecule has 0 aliphatic heterocycles. The summed E-state index contributed by atoms with van der Waals surface area (Å²) < 4.78 is 16.3. The summed E-state index contributed by atoms with van der Waals surface area (Å²) in [6.45, 7) is 0.724. The fraction of sp³-hybridized carbons (Fsp3) is 0.250. The molecule has 2 aromatic rings. The van der Waals surface area contributed by atoms with E-state index in [-0.39, 0.29) is 0 Å². The highest BCUT2D eigenvalue weighted by Gasteiger charge is 2.08. The van der Waals surface area contributed by atoms with Crippen LogP contribution >= 0.6 is 11.6 Å². The standard InChI is InChI=1S/C16H18ClNO3/c1-19-14-4-6-16(11(8-14)9-18)21-10-12-7-13(17)3-5-15(12)20-2/h3-8H,9-10,18H2,1-2H3. The molecule has 2 N–H and O–H groups in total. The Labute approximate surface area is 129 Å². The van der Waals surface area contributed by atoms with E-state index >= 15 is 0 Å². The fourth-order valence-corrected chi connectivity index (χ4v) is 2.19. The number of halogens is 1. The van der Waals surface area contributed by atoms with Crippen molar-refractivity contribution in [1.29, 1.82) is 0 Å². The quantitative estimate of drug-likeness (QED) is 0.888. The van der Waals surface area contributed by atoms with E-state index < -0.39 is 0 Å². The van der Waals surface area contributed by atoms with Crippen LogP contribution < -0.4 is 19.9 Å². The van der Waals surface area contributed by atoms with Gasteiger partial charge in [-0.25, -0.2) is 0 Å². The number of hydrogen-bond acceptors (Lipinski definition) is 4. The average molecular weight is 308 g/mol. The second-order valence-corrected chi connectivity index (χ2v) is 4.86. The molecule has 2 rings (SSSR count). The molecule has 4 nitrogen and oxygen atoms in total. The Balaban J connectivity index is 2.18. The molecule has 0 bridgehead atoms. The summed E-state index contributed by atoms with van der Waals surface area (Å²) >= 11 is 6.01. The van der Waals surface area contributed by atoms with Crippen LogP contribution in [0.4, 0.5) is 0 Å². The Kier molecular flexibility index (Phi) is 5.31. The van der Waals surface area contributed by atoms with Gasteiger partial charge >= 0.3 is 0 Å². The van der Waals surface area contributed by atoms with Crippen molar-refractivity contribution in [1.82, 2.24) is 0 Å². The van der Waals surface area contributed by atoms with Crippen molar-refractivity contribution in [3.63, 3.8) is 0 Å². The van der Waals surface area contributed by atoms with Crippen LogP contribution in [0.5, 0.6) is 17.2 Å². The Hall–Kier alpha value is -1.91. The van der Waals surface area contributed by atoms with Crippen LogP contribution in [-0.2, 0) is 13.2 Å². The molecule has 0 unspecified atom stereocenters. The molecule has 5 heteroatoms. The number of rotatable bonds is 6. The van der Waals surface area contributed by atoms with Crippen molar-refractivity contribution in [3.05, 3.63) is 52.5 Å². The molecule has 0 heterocycles. The third-order valence-electron chi connectivity index (χ3n) is 3.11. The first-order valence-corrected chi connectivity index (χ1v) is 6.88. The summed E-state index contributed by atoms with van der Waals surface area (Å²) in [5, 5.41) is 0.642. The topological polar surface area (TPSA) is 53.7 Å². The summed E-state index contributed by atoms with van der Waals surface area (Å²) in [4.78, 5) is 0. The average Bonchev–Trinajstić information content (AvgIpc) is 2.52. The summed E-state index contributed by atoms with van der Waals surface area (Å²) in [5.74, 6) is 2.21. The summed E-state index contributed by atoms with van der Waals surface area (Å²) in [5.41, 5.74) is 7.51. The third-order valence-corrected chi connectivity index (χ3v) is 3.35. The van der Waals surface area contributed by atoms with Crippen molar-refractivity contribution in [2.75, 3.05) is 14.2 Å². The van der Waals surface area contributed by atoms with E-state index in [4.69, 9.17) is 31.5 Å². The minimum Gasteiger partial charge on any atom is -0.497 e. The monoisotopic (exact) mass is 307 g/mol. The summed E-state index contributed by atoms with van der Waals surface area (Å²) in [7, 11) is 3.23. The van der Waals surface area contributed by atoms with Gasteiger partial charge in [0.2, 0.25) is 0 Å². The molecule has 112 valence electrons. The van der Waals surface area contributed by atoms with Crippen LogP contribution in [0.1, 0.15) is 11.1 Å². The Morgan fingerprint density at radius 3 is 2.38 bits per heavy atom. The predicted octanol–water partition coefficient (Wildman–Crippen LogP) is 3.39. The molecule has 0 aliphatic rings. The molecule has 0 aromatic heterocycles. The Morgan fingerprint density at radius 2 is 1.71 bits per heavy atom. The minimum atomic E-state index is 0.350. The van der Waals surface area contributed by atoms with Crippen LogP contribution in [0, 0.1) is 0 Å². The minimum absolute atomic E-state index is 0.350. The maximum absolute atomic E-state index is 6.01. The van der Waals surface area contributed by atoms with Gasteiger partial charge in [0.1, 0.15) is 23.9 Å². The van der Waals surface area contributed by atoms with Crippen molar-refractivity contribution >= 4 is 11.6 Å². The molecule has 0 saturated carbocycles. The number of methoxy groups -OCH3 is 2. The molecular weight excluding hydrogens is 290 g/mol. The van der Waals surface area contributed by atoms with Crippen LogP contribution in [0.3, 0.4) is 0 Å². The van der Waals surface area contributed by atoms with Gasteiger partial charge < -0.3 is 19.9 Å². The van der Waals surface area contributed by atoms with Crippen molar-refractivity contribution < 1.29 is 14.2 Å². The highest BCUT2D eigenvalue weighted by atomic mass is 35.5. The lowest BCUT2D eigenvalue weighted by molar-refractivity contribution is 0.293. The van der Waals surface area contributed by atoms with Crippen LogP contribution in [0.2, 0.25) is 5.02 Å². The second-order valence-electron chi connectivity index (χ2n) is 4.42. The van der Waals surface area contributed by atoms with E-state index in [1.165, 1.54) is 0 Å². The highest BCUT2D eigenvalue weighted by molar-refractivity contribution is 6.30. The molecule has 0 radical (unpaired) electrons. The molecule has 2 aromatic carbocycles. The zero-order chi connectivity index (χ0) is 15.2. The third kappa shape index (κ3) is 3.80. The first-order valence-electron chi connectivity index (χ1n) is 6.50. The maximum Gasteiger partial charge on any atom is 0.125 e. The van der Waals surface area contributed by atoms with Crippen molar-refractivity contribution in [3.8, 4) is 17.2 Å². The zero-order valence-corrected chi connectivity index (χ0v) is 12.8. The number of benzene rings is 2. The first-order chi connectivity index (χ1) is 10.2. The Bertz CT molecular complexity index is 616. The summed E-state index contributed by atoms with van der Waals surface area (Å²) in [6.07, 6.45) is 0. The SMILES string of the molecule is COc1ccc(OCc2cc(Cl)ccc2OC)c(CN)c1. The van der Waals surface area contributed by atoms with E-state index in [2.05, 4.69) is 0 Å². The van der Waals surface area contributed by atoms with Crippen LogP contribution in [0.15, 0.2) is 36.4 Å². The second kappa shape index (κ2) is 7.20. The van der Waals surface area contributed by atoms with Crippen LogP contribution in [0.25, 0.3) is 0 Å². The molecule has 0 spiro atoms. The van der Waals surface area contributed by atoms with Crippen molar-refractivity contribution in [2.45, 2.75) is 13.2 Å². The van der Waals surface area contributed by atoms with E-state index in [0.29, 0.717) is 18.2 Å². The van der Waals surface area contributed by atoms with Gasteiger partial charge in [-0.2, -0.15) is 0 Å². The number of nitrogens with two attached hydrogens (primary N) is 1. The Morgan fingerprint density at radius 1 is 0.952 bits per heavy atom. The van der Waals surface area contributed by atoms with Gasteiger partial charge in [0.25, 0.3) is 0 Å². The van der Waals surface area contributed by atoms with E-state index in [9.17, 15) is 0 Å². The molecule has 21 heavy (non-hydrogen) atoms. The van der Waals surface area contributed by atoms with E-state index in [1.54, 1.807) is 20.3 Å². The van der Waals surface area contributed by atoms with E-state index in [1.807, 2.05) is 30.3 Å². The molecule has 0 aliphatic carbocycles. The maximum atomic E-state index is 6.01. The highest BCUT2D eigenvalue weighted by Crippen LogP contribution is 2.27. The molecule has 0 fully saturated rings. The summed E-state index contributed by atoms with van der Waals surface area (Å²) in [6, 6.07) is 11.0. The van der Waals surface area contributed by atoms with Crippen LogP contribution in [-0.4, -0.2) is 14.2 Å². The normalized spacial score (nSPS) is 10.3. The zero-order valence-electron chi connectivity index (χ0n) is 12.1. The lowest BCUT2D eigenvalue weighted by Gasteiger charge is -2.14. The smallest absolute Gasteiger partial charge is 0.125 e. The van der Waals surface area contributed by atoms with Gasteiger partial charge in [-0.05, 0) is 36.4 Å². The lowest BCUT2D eigenvalue weighted by atomic mass is 10.2. The molecular formula is C16H18ClNO3. The predicted molar refractivity (Wildman–Crippen MR) is 83.2 cm³/mol. The number of hydrogen-bond donors (Lipinski definition) is 1. The largest absolute Gasteiger partial charge is 0.497 e. The van der Waals surface area contributed by atoms with Gasteiger partial charge in [-0.1, -0.05) is 11.6 Å². The van der Waals surface area contributed by atoms with Gasteiger partial charge in [0.05, 0.1) is 14.2 Å².